The van der Waals surface area contributed by atoms with Crippen molar-refractivity contribution in [2.24, 2.45) is 4.99 Å². The van der Waals surface area contributed by atoms with Crippen LogP contribution in [0.25, 0.3) is 0 Å². The number of pyridine rings is 1. The summed E-state index contributed by atoms with van der Waals surface area (Å²) in [5.41, 5.74) is 1.42. The highest BCUT2D eigenvalue weighted by atomic mass is 16.6. The minimum absolute atomic E-state index is 0.0332. The molecule has 5 nitrogen and oxygen atoms in total. The van der Waals surface area contributed by atoms with E-state index in [2.05, 4.69) is 9.98 Å². The molecule has 0 saturated heterocycles. The van der Waals surface area contributed by atoms with Crippen LogP contribution in [-0.4, -0.2) is 16.1 Å². The Kier molecular flexibility index (Phi) is 3.20. The molecule has 0 bridgehead atoms. The summed E-state index contributed by atoms with van der Waals surface area (Å²) in [7, 11) is 0. The first-order valence-electron chi connectivity index (χ1n) is 4.94. The molecule has 2 aromatic rings. The Morgan fingerprint density at radius 2 is 2.18 bits per heavy atom. The highest BCUT2D eigenvalue weighted by molar-refractivity contribution is 5.81. The number of aliphatic imine (C=N–C) groups is 1. The van der Waals surface area contributed by atoms with Crippen LogP contribution in [0.2, 0.25) is 0 Å². The van der Waals surface area contributed by atoms with Crippen LogP contribution in [0.4, 0.5) is 11.4 Å². The summed E-state index contributed by atoms with van der Waals surface area (Å²) in [6, 6.07) is 9.83. The number of nitro benzene ring substituents is 1. The van der Waals surface area contributed by atoms with Crippen molar-refractivity contribution >= 4 is 17.6 Å². The molecule has 0 N–H and O–H groups in total. The van der Waals surface area contributed by atoms with Crippen molar-refractivity contribution in [1.82, 2.24) is 4.98 Å². The van der Waals surface area contributed by atoms with Gasteiger partial charge in [-0.25, -0.2) is 0 Å². The van der Waals surface area contributed by atoms with Crippen molar-refractivity contribution in [2.75, 3.05) is 0 Å². The molecule has 17 heavy (non-hydrogen) atoms. The van der Waals surface area contributed by atoms with Crippen molar-refractivity contribution in [3.05, 3.63) is 64.5 Å². The van der Waals surface area contributed by atoms with Crippen molar-refractivity contribution in [3.63, 3.8) is 0 Å². The van der Waals surface area contributed by atoms with Gasteiger partial charge in [-0.05, 0) is 12.1 Å². The standard InChI is InChI=1S/C12H9N3O2/c16-15(17)12-5-1-4-11(7-12)14-9-10-3-2-6-13-8-10/h1-9H. The van der Waals surface area contributed by atoms with Crippen molar-refractivity contribution < 1.29 is 4.92 Å². The van der Waals surface area contributed by atoms with Crippen molar-refractivity contribution in [2.45, 2.75) is 0 Å². The number of hydrogen-bond acceptors (Lipinski definition) is 4. The number of nitro groups is 1. The molecule has 0 radical (unpaired) electrons. The molecular weight excluding hydrogens is 218 g/mol. The Morgan fingerprint density at radius 1 is 1.29 bits per heavy atom. The predicted octanol–water partition coefficient (Wildman–Crippen LogP) is 2.74. The Bertz CT molecular complexity index is 553. The van der Waals surface area contributed by atoms with E-state index in [1.807, 2.05) is 6.07 Å². The average Bonchev–Trinajstić information content (AvgIpc) is 2.38. The molecule has 0 saturated carbocycles. The lowest BCUT2D eigenvalue weighted by Crippen LogP contribution is -1.86. The summed E-state index contributed by atoms with van der Waals surface area (Å²) in [6.45, 7) is 0. The Labute approximate surface area is 97.6 Å². The zero-order valence-electron chi connectivity index (χ0n) is 8.85. The van der Waals surface area contributed by atoms with Gasteiger partial charge in [-0.15, -0.1) is 0 Å². The summed E-state index contributed by atoms with van der Waals surface area (Å²) < 4.78 is 0. The second-order valence-corrected chi connectivity index (χ2v) is 3.32. The summed E-state index contributed by atoms with van der Waals surface area (Å²) in [5.74, 6) is 0. The van der Waals surface area contributed by atoms with Crippen LogP contribution in [0, 0.1) is 10.1 Å². The lowest BCUT2D eigenvalue weighted by atomic mass is 10.3. The van der Waals surface area contributed by atoms with Gasteiger partial charge in [0.05, 0.1) is 10.6 Å². The van der Waals surface area contributed by atoms with Gasteiger partial charge in [0.2, 0.25) is 0 Å². The monoisotopic (exact) mass is 227 g/mol. The maximum absolute atomic E-state index is 10.6. The minimum Gasteiger partial charge on any atom is -0.264 e. The fraction of sp³-hybridized carbons (Fsp3) is 0. The van der Waals surface area contributed by atoms with E-state index in [-0.39, 0.29) is 5.69 Å². The van der Waals surface area contributed by atoms with E-state index in [0.717, 1.165) is 5.56 Å². The van der Waals surface area contributed by atoms with E-state index in [1.165, 1.54) is 12.1 Å². The Hall–Kier alpha value is -2.56. The van der Waals surface area contributed by atoms with Gasteiger partial charge in [-0.2, -0.15) is 0 Å². The van der Waals surface area contributed by atoms with Crippen LogP contribution in [0.3, 0.4) is 0 Å². The van der Waals surface area contributed by atoms with Crippen molar-refractivity contribution in [1.29, 1.82) is 0 Å². The fourth-order valence-corrected chi connectivity index (χ4v) is 1.29. The van der Waals surface area contributed by atoms with Gasteiger partial charge in [0.15, 0.2) is 0 Å². The van der Waals surface area contributed by atoms with Gasteiger partial charge < -0.3 is 0 Å². The molecule has 84 valence electrons. The lowest BCUT2D eigenvalue weighted by Gasteiger charge is -1.94. The van der Waals surface area contributed by atoms with Crippen LogP contribution in [0.1, 0.15) is 5.56 Å². The quantitative estimate of drug-likeness (QED) is 0.460. The number of non-ortho nitro benzene ring substituents is 1. The van der Waals surface area contributed by atoms with Gasteiger partial charge >= 0.3 is 0 Å². The fourth-order valence-electron chi connectivity index (χ4n) is 1.29. The van der Waals surface area contributed by atoms with E-state index >= 15 is 0 Å². The van der Waals surface area contributed by atoms with Crippen LogP contribution >= 0.6 is 0 Å². The molecule has 1 heterocycles. The molecule has 0 aliphatic carbocycles. The first-order valence-corrected chi connectivity index (χ1v) is 4.94. The number of nitrogens with zero attached hydrogens (tertiary/aromatic N) is 3. The molecule has 0 amide bonds. The van der Waals surface area contributed by atoms with Crippen LogP contribution in [0.15, 0.2) is 53.8 Å². The molecule has 2 rings (SSSR count). The first kappa shape index (κ1) is 10.9. The number of aromatic nitrogens is 1. The van der Waals surface area contributed by atoms with Gasteiger partial charge in [0.1, 0.15) is 0 Å². The lowest BCUT2D eigenvalue weighted by molar-refractivity contribution is -0.384. The van der Waals surface area contributed by atoms with E-state index in [4.69, 9.17) is 0 Å². The smallest absolute Gasteiger partial charge is 0.264 e. The third kappa shape index (κ3) is 2.94. The van der Waals surface area contributed by atoms with E-state index in [1.54, 1.807) is 36.8 Å². The molecule has 1 aromatic carbocycles. The van der Waals surface area contributed by atoms with Crippen molar-refractivity contribution in [3.8, 4) is 0 Å². The second kappa shape index (κ2) is 4.98. The highest BCUT2D eigenvalue weighted by Gasteiger charge is 2.03. The Balaban J connectivity index is 2.22. The molecular formula is C12H9N3O2. The number of rotatable bonds is 3. The molecule has 1 aromatic heterocycles. The molecule has 0 atom stereocenters. The van der Waals surface area contributed by atoms with E-state index in [9.17, 15) is 10.1 Å². The zero-order chi connectivity index (χ0) is 12.1. The first-order chi connectivity index (χ1) is 8.25. The third-order valence-corrected chi connectivity index (χ3v) is 2.09. The number of benzene rings is 1. The van der Waals surface area contributed by atoms with Crippen LogP contribution in [0.5, 0.6) is 0 Å². The summed E-state index contributed by atoms with van der Waals surface area (Å²) in [5, 5.41) is 10.6. The largest absolute Gasteiger partial charge is 0.271 e. The second-order valence-electron chi connectivity index (χ2n) is 3.32. The van der Waals surface area contributed by atoms with Crippen LogP contribution in [-0.2, 0) is 0 Å². The molecule has 0 unspecified atom stereocenters. The molecule has 5 heteroatoms. The predicted molar refractivity (Wildman–Crippen MR) is 64.6 cm³/mol. The summed E-state index contributed by atoms with van der Waals surface area (Å²) in [6.07, 6.45) is 4.96. The van der Waals surface area contributed by atoms with Gasteiger partial charge in [0, 0.05) is 36.3 Å². The van der Waals surface area contributed by atoms with Gasteiger partial charge in [-0.1, -0.05) is 12.1 Å². The van der Waals surface area contributed by atoms with E-state index in [0.29, 0.717) is 5.69 Å². The minimum atomic E-state index is -0.441. The number of hydrogen-bond donors (Lipinski definition) is 0. The molecule has 0 aliphatic heterocycles. The normalized spacial score (nSPS) is 10.6. The summed E-state index contributed by atoms with van der Waals surface area (Å²) >= 11 is 0. The zero-order valence-corrected chi connectivity index (χ0v) is 8.85. The summed E-state index contributed by atoms with van der Waals surface area (Å²) in [4.78, 5) is 18.2. The maximum atomic E-state index is 10.6. The molecule has 0 aliphatic rings. The SMILES string of the molecule is O=[N+]([O-])c1cccc(N=Cc2cccnc2)c1. The van der Waals surface area contributed by atoms with Crippen LogP contribution < -0.4 is 0 Å². The van der Waals surface area contributed by atoms with E-state index < -0.39 is 4.92 Å². The topological polar surface area (TPSA) is 68.4 Å². The average molecular weight is 227 g/mol. The maximum Gasteiger partial charge on any atom is 0.271 e. The van der Waals surface area contributed by atoms with Gasteiger partial charge in [0.25, 0.3) is 5.69 Å². The third-order valence-electron chi connectivity index (χ3n) is 2.09. The van der Waals surface area contributed by atoms with Gasteiger partial charge in [-0.3, -0.25) is 20.1 Å². The molecule has 0 fully saturated rings. The highest BCUT2D eigenvalue weighted by Crippen LogP contribution is 2.19. The Morgan fingerprint density at radius 3 is 2.88 bits per heavy atom. The molecule has 0 spiro atoms.